The molecule has 3 heteroatoms. The SMILES string of the molecule is CCc1cc(CC)n(-c2ccc(C)cc2CNC2CC2)n1. The molecule has 3 nitrogen and oxygen atoms in total. The predicted octanol–water partition coefficient (Wildman–Crippen LogP) is 3.56. The summed E-state index contributed by atoms with van der Waals surface area (Å²) in [6.45, 7) is 7.46. The number of nitrogens with zero attached hydrogens (tertiary/aromatic N) is 2. The third kappa shape index (κ3) is 3.18. The lowest BCUT2D eigenvalue weighted by Crippen LogP contribution is -2.17. The fourth-order valence-corrected chi connectivity index (χ4v) is 2.71. The van der Waals surface area contributed by atoms with Gasteiger partial charge in [0.15, 0.2) is 0 Å². The lowest BCUT2D eigenvalue weighted by Gasteiger charge is -2.14. The van der Waals surface area contributed by atoms with Gasteiger partial charge in [0.2, 0.25) is 0 Å². The highest BCUT2D eigenvalue weighted by Crippen LogP contribution is 2.23. The van der Waals surface area contributed by atoms with Gasteiger partial charge in [-0.1, -0.05) is 31.5 Å². The zero-order chi connectivity index (χ0) is 14.8. The molecule has 112 valence electrons. The average molecular weight is 283 g/mol. The van der Waals surface area contributed by atoms with E-state index in [4.69, 9.17) is 5.10 Å². The minimum absolute atomic E-state index is 0.729. The van der Waals surface area contributed by atoms with Crippen LogP contribution in [0.4, 0.5) is 0 Å². The zero-order valence-electron chi connectivity index (χ0n) is 13.3. The largest absolute Gasteiger partial charge is 0.310 e. The van der Waals surface area contributed by atoms with Crippen molar-refractivity contribution >= 4 is 0 Å². The Morgan fingerprint density at radius 2 is 2.00 bits per heavy atom. The number of hydrogen-bond donors (Lipinski definition) is 1. The Morgan fingerprint density at radius 3 is 2.67 bits per heavy atom. The van der Waals surface area contributed by atoms with Gasteiger partial charge in [-0.3, -0.25) is 0 Å². The Morgan fingerprint density at radius 1 is 1.19 bits per heavy atom. The van der Waals surface area contributed by atoms with Crippen molar-refractivity contribution in [3.8, 4) is 5.69 Å². The van der Waals surface area contributed by atoms with Crippen LogP contribution in [-0.2, 0) is 19.4 Å². The first-order valence-corrected chi connectivity index (χ1v) is 8.12. The summed E-state index contributed by atoms with van der Waals surface area (Å²) in [6.07, 6.45) is 4.64. The zero-order valence-corrected chi connectivity index (χ0v) is 13.3. The van der Waals surface area contributed by atoms with Gasteiger partial charge in [0.05, 0.1) is 11.4 Å². The fourth-order valence-electron chi connectivity index (χ4n) is 2.71. The van der Waals surface area contributed by atoms with Gasteiger partial charge >= 0.3 is 0 Å². The summed E-state index contributed by atoms with van der Waals surface area (Å²) in [6, 6.07) is 9.65. The summed E-state index contributed by atoms with van der Waals surface area (Å²) in [5.74, 6) is 0. The molecule has 1 N–H and O–H groups in total. The maximum Gasteiger partial charge on any atom is 0.0694 e. The van der Waals surface area contributed by atoms with E-state index in [1.54, 1.807) is 0 Å². The highest BCUT2D eigenvalue weighted by molar-refractivity contribution is 5.44. The van der Waals surface area contributed by atoms with Crippen LogP contribution in [-0.4, -0.2) is 15.8 Å². The molecule has 21 heavy (non-hydrogen) atoms. The van der Waals surface area contributed by atoms with E-state index in [9.17, 15) is 0 Å². The lowest BCUT2D eigenvalue weighted by molar-refractivity contribution is 0.677. The van der Waals surface area contributed by atoms with Gasteiger partial charge in [0, 0.05) is 18.3 Å². The van der Waals surface area contributed by atoms with E-state index in [-0.39, 0.29) is 0 Å². The Bertz CT molecular complexity index is 623. The number of rotatable bonds is 6. The van der Waals surface area contributed by atoms with Crippen molar-refractivity contribution in [2.45, 2.75) is 59.0 Å². The van der Waals surface area contributed by atoms with Crippen LogP contribution >= 0.6 is 0 Å². The van der Waals surface area contributed by atoms with Crippen LogP contribution in [0.5, 0.6) is 0 Å². The van der Waals surface area contributed by atoms with Gasteiger partial charge < -0.3 is 5.32 Å². The van der Waals surface area contributed by atoms with E-state index >= 15 is 0 Å². The molecule has 0 spiro atoms. The van der Waals surface area contributed by atoms with E-state index in [0.29, 0.717) is 0 Å². The standard InChI is InChI=1S/C18H25N3/c1-4-15-11-17(5-2)21(20-15)18-9-6-13(3)10-14(18)12-19-16-7-8-16/h6,9-11,16,19H,4-5,7-8,12H2,1-3H3. The van der Waals surface area contributed by atoms with Crippen LogP contribution in [0, 0.1) is 6.92 Å². The molecule has 1 aromatic carbocycles. The first kappa shape index (κ1) is 14.3. The molecule has 1 aromatic heterocycles. The van der Waals surface area contributed by atoms with Gasteiger partial charge in [0.1, 0.15) is 0 Å². The first-order valence-electron chi connectivity index (χ1n) is 8.12. The minimum atomic E-state index is 0.729. The highest BCUT2D eigenvalue weighted by atomic mass is 15.3. The third-order valence-electron chi connectivity index (χ3n) is 4.18. The molecular weight excluding hydrogens is 258 g/mol. The topological polar surface area (TPSA) is 29.9 Å². The summed E-state index contributed by atoms with van der Waals surface area (Å²) in [5.41, 5.74) is 6.36. The van der Waals surface area contributed by atoms with Crippen molar-refractivity contribution in [2.75, 3.05) is 0 Å². The first-order chi connectivity index (χ1) is 10.2. The summed E-state index contributed by atoms with van der Waals surface area (Å²) >= 11 is 0. The molecule has 0 bridgehead atoms. The molecule has 0 saturated heterocycles. The van der Waals surface area contributed by atoms with Crippen LogP contribution in [0.15, 0.2) is 24.3 Å². The third-order valence-corrected chi connectivity index (χ3v) is 4.18. The second-order valence-electron chi connectivity index (χ2n) is 6.03. The van der Waals surface area contributed by atoms with Crippen molar-refractivity contribution in [1.29, 1.82) is 0 Å². The van der Waals surface area contributed by atoms with Gasteiger partial charge in [-0.05, 0) is 50.3 Å². The van der Waals surface area contributed by atoms with E-state index < -0.39 is 0 Å². The van der Waals surface area contributed by atoms with Crippen LogP contribution in [0.3, 0.4) is 0 Å². The van der Waals surface area contributed by atoms with Crippen molar-refractivity contribution in [1.82, 2.24) is 15.1 Å². The molecule has 0 atom stereocenters. The number of aryl methyl sites for hydroxylation is 3. The van der Waals surface area contributed by atoms with Gasteiger partial charge in [-0.2, -0.15) is 5.10 Å². The number of nitrogens with one attached hydrogen (secondary N) is 1. The van der Waals surface area contributed by atoms with E-state index in [2.05, 4.69) is 55.0 Å². The number of hydrogen-bond acceptors (Lipinski definition) is 2. The van der Waals surface area contributed by atoms with E-state index in [1.165, 1.54) is 41.0 Å². The Hall–Kier alpha value is -1.61. The molecule has 3 rings (SSSR count). The van der Waals surface area contributed by atoms with Crippen molar-refractivity contribution < 1.29 is 0 Å². The molecule has 1 saturated carbocycles. The molecule has 0 unspecified atom stereocenters. The minimum Gasteiger partial charge on any atom is -0.310 e. The van der Waals surface area contributed by atoms with Crippen LogP contribution in [0.25, 0.3) is 5.69 Å². The monoisotopic (exact) mass is 283 g/mol. The quantitative estimate of drug-likeness (QED) is 0.878. The maximum atomic E-state index is 4.79. The summed E-state index contributed by atoms with van der Waals surface area (Å²) in [5, 5.41) is 8.42. The smallest absolute Gasteiger partial charge is 0.0694 e. The molecule has 1 aliphatic carbocycles. The Labute approximate surface area is 127 Å². The average Bonchev–Trinajstić information content (AvgIpc) is 3.23. The molecule has 1 fully saturated rings. The van der Waals surface area contributed by atoms with Crippen molar-refractivity contribution in [3.63, 3.8) is 0 Å². The van der Waals surface area contributed by atoms with Gasteiger partial charge in [-0.15, -0.1) is 0 Å². The second-order valence-corrected chi connectivity index (χ2v) is 6.03. The summed E-state index contributed by atoms with van der Waals surface area (Å²) in [4.78, 5) is 0. The van der Waals surface area contributed by atoms with E-state index in [1.807, 2.05) is 0 Å². The molecule has 2 aromatic rings. The number of benzene rings is 1. The highest BCUT2D eigenvalue weighted by Gasteiger charge is 2.21. The van der Waals surface area contributed by atoms with Crippen LogP contribution in [0.2, 0.25) is 0 Å². The van der Waals surface area contributed by atoms with Crippen molar-refractivity contribution in [3.05, 3.63) is 46.8 Å². The normalized spacial score (nSPS) is 14.6. The van der Waals surface area contributed by atoms with Crippen molar-refractivity contribution in [2.24, 2.45) is 0 Å². The number of aromatic nitrogens is 2. The lowest BCUT2D eigenvalue weighted by atomic mass is 10.1. The van der Waals surface area contributed by atoms with Gasteiger partial charge in [0.25, 0.3) is 0 Å². The Kier molecular flexibility index (Phi) is 4.11. The van der Waals surface area contributed by atoms with E-state index in [0.717, 1.165) is 25.4 Å². The molecule has 1 heterocycles. The van der Waals surface area contributed by atoms with Gasteiger partial charge in [-0.25, -0.2) is 4.68 Å². The molecule has 0 radical (unpaired) electrons. The Balaban J connectivity index is 1.97. The van der Waals surface area contributed by atoms with Crippen LogP contribution in [0.1, 0.15) is 49.2 Å². The molecule has 0 amide bonds. The predicted molar refractivity (Wildman–Crippen MR) is 86.9 cm³/mol. The molecule has 0 aliphatic heterocycles. The summed E-state index contributed by atoms with van der Waals surface area (Å²) in [7, 11) is 0. The fraction of sp³-hybridized carbons (Fsp3) is 0.500. The molecular formula is C18H25N3. The maximum absolute atomic E-state index is 4.79. The van der Waals surface area contributed by atoms with Crippen LogP contribution < -0.4 is 5.32 Å². The molecule has 1 aliphatic rings. The second kappa shape index (κ2) is 6.02. The summed E-state index contributed by atoms with van der Waals surface area (Å²) < 4.78 is 2.14.